The summed E-state index contributed by atoms with van der Waals surface area (Å²) in [5, 5.41) is 3.38. The number of carbonyl (C=O) groups is 2. The smallest absolute Gasteiger partial charge is 0.319 e. The third-order valence-corrected chi connectivity index (χ3v) is 6.36. The van der Waals surface area contributed by atoms with Gasteiger partial charge in [-0.2, -0.15) is 0 Å². The average molecular weight is 455 g/mol. The molecule has 0 saturated carbocycles. The third kappa shape index (κ3) is 5.87. The first kappa shape index (κ1) is 23.8. The standard InChI is InChI=1S/C22H32ClFN4O3/c1-15-14-28(11-12-31-15)19(20-17(23)5-4-6-18(20)24)13-25-21(29)16-7-9-27(10-8-16)22(30)26(2)3/h4-6,15-16,19H,7-14H2,1-3H3,(H,25,29). The summed E-state index contributed by atoms with van der Waals surface area (Å²) in [6.45, 7) is 5.18. The van der Waals surface area contributed by atoms with Crippen molar-refractivity contribution in [1.29, 1.82) is 0 Å². The maximum absolute atomic E-state index is 14.7. The molecule has 0 aliphatic carbocycles. The van der Waals surface area contributed by atoms with Gasteiger partial charge in [0.05, 0.1) is 18.8 Å². The van der Waals surface area contributed by atoms with Crippen LogP contribution in [-0.2, 0) is 9.53 Å². The summed E-state index contributed by atoms with van der Waals surface area (Å²) < 4.78 is 20.3. The van der Waals surface area contributed by atoms with Crippen molar-refractivity contribution in [2.24, 2.45) is 5.92 Å². The van der Waals surface area contributed by atoms with Crippen molar-refractivity contribution < 1.29 is 18.7 Å². The number of piperidine rings is 1. The van der Waals surface area contributed by atoms with Crippen LogP contribution in [0.4, 0.5) is 9.18 Å². The van der Waals surface area contributed by atoms with Crippen LogP contribution in [0.3, 0.4) is 0 Å². The lowest BCUT2D eigenvalue weighted by molar-refractivity contribution is -0.126. The Kier molecular flexibility index (Phi) is 8.13. The SMILES string of the molecule is CC1CN(C(CNC(=O)C2CCN(C(=O)N(C)C)CC2)c2c(F)cccc2Cl)CCO1. The summed E-state index contributed by atoms with van der Waals surface area (Å²) >= 11 is 6.36. The molecule has 0 bridgehead atoms. The van der Waals surface area contributed by atoms with Crippen LogP contribution in [-0.4, -0.2) is 86.2 Å². The van der Waals surface area contributed by atoms with Crippen LogP contribution in [0.1, 0.15) is 31.4 Å². The van der Waals surface area contributed by atoms with Crippen molar-refractivity contribution in [2.75, 3.05) is 53.4 Å². The second kappa shape index (κ2) is 10.6. The Morgan fingerprint density at radius 1 is 1.29 bits per heavy atom. The van der Waals surface area contributed by atoms with Crippen LogP contribution < -0.4 is 5.32 Å². The molecule has 1 aromatic rings. The van der Waals surface area contributed by atoms with E-state index in [2.05, 4.69) is 10.2 Å². The van der Waals surface area contributed by atoms with E-state index in [4.69, 9.17) is 16.3 Å². The fraction of sp³-hybridized carbons (Fsp3) is 0.636. The number of amides is 3. The topological polar surface area (TPSA) is 65.1 Å². The summed E-state index contributed by atoms with van der Waals surface area (Å²) in [7, 11) is 3.45. The zero-order valence-corrected chi connectivity index (χ0v) is 19.2. The highest BCUT2D eigenvalue weighted by atomic mass is 35.5. The monoisotopic (exact) mass is 454 g/mol. The van der Waals surface area contributed by atoms with Gasteiger partial charge in [-0.05, 0) is 31.9 Å². The van der Waals surface area contributed by atoms with Crippen molar-refractivity contribution in [1.82, 2.24) is 20.0 Å². The van der Waals surface area contributed by atoms with E-state index in [0.717, 1.165) is 0 Å². The quantitative estimate of drug-likeness (QED) is 0.743. The first-order chi connectivity index (χ1) is 14.8. The molecule has 7 nitrogen and oxygen atoms in total. The van der Waals surface area contributed by atoms with Crippen molar-refractivity contribution in [3.05, 3.63) is 34.6 Å². The van der Waals surface area contributed by atoms with E-state index in [-0.39, 0.29) is 42.4 Å². The number of halogens is 2. The Labute approximate surface area is 188 Å². The highest BCUT2D eigenvalue weighted by molar-refractivity contribution is 6.31. The van der Waals surface area contributed by atoms with Crippen LogP contribution in [0.15, 0.2) is 18.2 Å². The summed E-state index contributed by atoms with van der Waals surface area (Å²) in [6, 6.07) is 4.25. The van der Waals surface area contributed by atoms with Gasteiger partial charge in [-0.1, -0.05) is 17.7 Å². The molecule has 2 aliphatic heterocycles. The molecule has 2 heterocycles. The molecule has 1 N–H and O–H groups in total. The minimum atomic E-state index is -0.376. The Morgan fingerprint density at radius 2 is 2.00 bits per heavy atom. The maximum Gasteiger partial charge on any atom is 0.319 e. The van der Waals surface area contributed by atoms with Gasteiger partial charge >= 0.3 is 6.03 Å². The second-order valence-corrected chi connectivity index (χ2v) is 8.92. The normalized spacial score (nSPS) is 21.6. The Balaban J connectivity index is 1.65. The third-order valence-electron chi connectivity index (χ3n) is 6.03. The van der Waals surface area contributed by atoms with E-state index in [9.17, 15) is 14.0 Å². The van der Waals surface area contributed by atoms with Gasteiger partial charge in [0.15, 0.2) is 0 Å². The predicted molar refractivity (Wildman–Crippen MR) is 118 cm³/mol. The first-order valence-electron chi connectivity index (χ1n) is 10.8. The number of hydrogen-bond donors (Lipinski definition) is 1. The van der Waals surface area contributed by atoms with Gasteiger partial charge in [0.25, 0.3) is 0 Å². The molecular weight excluding hydrogens is 423 g/mol. The van der Waals surface area contributed by atoms with Gasteiger partial charge in [-0.3, -0.25) is 9.69 Å². The Bertz CT molecular complexity index is 766. The van der Waals surface area contributed by atoms with Crippen molar-refractivity contribution in [3.63, 3.8) is 0 Å². The van der Waals surface area contributed by atoms with Gasteiger partial charge in [-0.15, -0.1) is 0 Å². The van der Waals surface area contributed by atoms with Gasteiger partial charge in [0.1, 0.15) is 5.82 Å². The van der Waals surface area contributed by atoms with Gasteiger partial charge < -0.3 is 19.9 Å². The second-order valence-electron chi connectivity index (χ2n) is 8.51. The Hall–Kier alpha value is -1.90. The highest BCUT2D eigenvalue weighted by Crippen LogP contribution is 2.31. The van der Waals surface area contributed by atoms with Crippen molar-refractivity contribution in [2.45, 2.75) is 31.9 Å². The van der Waals surface area contributed by atoms with E-state index < -0.39 is 0 Å². The summed E-state index contributed by atoms with van der Waals surface area (Å²) in [4.78, 5) is 30.4. The zero-order chi connectivity index (χ0) is 22.5. The molecular formula is C22H32ClFN4O3. The number of carbonyl (C=O) groups excluding carboxylic acids is 2. The van der Waals surface area contributed by atoms with E-state index in [0.29, 0.717) is 56.2 Å². The molecule has 2 saturated heterocycles. The molecule has 172 valence electrons. The zero-order valence-electron chi connectivity index (χ0n) is 18.4. The molecule has 2 fully saturated rings. The maximum atomic E-state index is 14.7. The summed E-state index contributed by atoms with van der Waals surface area (Å²) in [5.41, 5.74) is 0.407. The largest absolute Gasteiger partial charge is 0.376 e. The summed E-state index contributed by atoms with van der Waals surface area (Å²) in [5.74, 6) is -0.594. The van der Waals surface area contributed by atoms with Crippen LogP contribution in [0.25, 0.3) is 0 Å². The lowest BCUT2D eigenvalue weighted by atomic mass is 9.95. The highest BCUT2D eigenvalue weighted by Gasteiger charge is 2.32. The molecule has 3 rings (SSSR count). The molecule has 1 aromatic carbocycles. The number of rotatable bonds is 5. The Morgan fingerprint density at radius 3 is 2.61 bits per heavy atom. The molecule has 2 unspecified atom stereocenters. The number of nitrogens with zero attached hydrogens (tertiary/aromatic N) is 3. The number of likely N-dealkylation sites (tertiary alicyclic amines) is 1. The van der Waals surface area contributed by atoms with Gasteiger partial charge in [0.2, 0.25) is 5.91 Å². The van der Waals surface area contributed by atoms with E-state index in [1.807, 2.05) is 6.92 Å². The van der Waals surface area contributed by atoms with Crippen LogP contribution in [0, 0.1) is 11.7 Å². The van der Waals surface area contributed by atoms with Crippen LogP contribution in [0.2, 0.25) is 5.02 Å². The van der Waals surface area contributed by atoms with E-state index in [1.165, 1.54) is 6.07 Å². The number of ether oxygens (including phenoxy) is 1. The molecule has 0 aromatic heterocycles. The number of nitrogens with one attached hydrogen (secondary N) is 1. The number of hydrogen-bond acceptors (Lipinski definition) is 4. The number of benzene rings is 1. The van der Waals surface area contributed by atoms with Crippen molar-refractivity contribution >= 4 is 23.5 Å². The fourth-order valence-electron chi connectivity index (χ4n) is 4.33. The van der Waals surface area contributed by atoms with E-state index in [1.54, 1.807) is 36.0 Å². The minimum Gasteiger partial charge on any atom is -0.376 e. The van der Waals surface area contributed by atoms with E-state index >= 15 is 0 Å². The van der Waals surface area contributed by atoms with Gasteiger partial charge in [0, 0.05) is 63.3 Å². The molecule has 3 amide bonds. The first-order valence-corrected chi connectivity index (χ1v) is 11.2. The average Bonchev–Trinajstić information content (AvgIpc) is 2.75. The lowest BCUT2D eigenvalue weighted by Gasteiger charge is -2.38. The molecule has 9 heteroatoms. The fourth-order valence-corrected chi connectivity index (χ4v) is 4.62. The molecule has 0 radical (unpaired) electrons. The minimum absolute atomic E-state index is 0.0241. The molecule has 0 spiro atoms. The molecule has 2 atom stereocenters. The number of morpholine rings is 1. The molecule has 31 heavy (non-hydrogen) atoms. The summed E-state index contributed by atoms with van der Waals surface area (Å²) in [6.07, 6.45) is 1.26. The lowest BCUT2D eigenvalue weighted by Crippen LogP contribution is -2.49. The molecule has 2 aliphatic rings. The van der Waals surface area contributed by atoms with Crippen molar-refractivity contribution in [3.8, 4) is 0 Å². The van der Waals surface area contributed by atoms with Gasteiger partial charge in [-0.25, -0.2) is 9.18 Å². The van der Waals surface area contributed by atoms with Crippen LogP contribution in [0.5, 0.6) is 0 Å². The predicted octanol–water partition coefficient (Wildman–Crippen LogP) is 2.75. The van der Waals surface area contributed by atoms with Crippen LogP contribution >= 0.6 is 11.6 Å². The number of urea groups is 1.